The number of nitrogens with zero attached hydrogens (tertiary/aromatic N) is 3. The SMILES string of the molecule is Fc1ccc2nc(/C=N/NC3=NCCN3)ccc2c1. The summed E-state index contributed by atoms with van der Waals surface area (Å²) in [5.74, 6) is 0.404. The van der Waals surface area contributed by atoms with Crippen molar-refractivity contribution in [2.24, 2.45) is 10.1 Å². The summed E-state index contributed by atoms with van der Waals surface area (Å²) in [6, 6.07) is 8.11. The van der Waals surface area contributed by atoms with E-state index in [1.807, 2.05) is 6.07 Å². The molecular formula is C13H12FN5. The molecule has 0 saturated heterocycles. The largest absolute Gasteiger partial charge is 0.353 e. The molecule has 2 heterocycles. The molecular weight excluding hydrogens is 245 g/mol. The number of rotatable bonds is 2. The van der Waals surface area contributed by atoms with Crippen LogP contribution in [0.1, 0.15) is 5.69 Å². The van der Waals surface area contributed by atoms with E-state index < -0.39 is 0 Å². The van der Waals surface area contributed by atoms with E-state index in [-0.39, 0.29) is 5.82 Å². The first-order valence-corrected chi connectivity index (χ1v) is 5.95. The quantitative estimate of drug-likeness (QED) is 0.629. The van der Waals surface area contributed by atoms with Gasteiger partial charge in [-0.25, -0.2) is 19.8 Å². The van der Waals surface area contributed by atoms with Crippen molar-refractivity contribution in [3.63, 3.8) is 0 Å². The van der Waals surface area contributed by atoms with Gasteiger partial charge in [-0.3, -0.25) is 0 Å². The Hall–Kier alpha value is -2.50. The molecule has 0 atom stereocenters. The standard InChI is InChI=1S/C13H12FN5/c14-10-2-4-12-9(7-10)1-3-11(18-12)8-17-19-13-15-5-6-16-13/h1-4,7-8H,5-6H2,(H2,15,16,19)/b17-8+. The fourth-order valence-electron chi connectivity index (χ4n) is 1.82. The Morgan fingerprint density at radius 1 is 1.32 bits per heavy atom. The van der Waals surface area contributed by atoms with Gasteiger partial charge in [0.2, 0.25) is 5.96 Å². The highest BCUT2D eigenvalue weighted by Gasteiger charge is 2.02. The number of hydrazone groups is 1. The van der Waals surface area contributed by atoms with Crippen LogP contribution in [0.15, 0.2) is 40.4 Å². The normalized spacial score (nSPS) is 14.7. The van der Waals surface area contributed by atoms with Crippen molar-refractivity contribution in [1.29, 1.82) is 0 Å². The third kappa shape index (κ3) is 2.67. The first-order valence-electron chi connectivity index (χ1n) is 5.95. The van der Waals surface area contributed by atoms with Crippen LogP contribution in [-0.2, 0) is 0 Å². The number of aliphatic imine (C=N–C) groups is 1. The number of guanidine groups is 1. The van der Waals surface area contributed by atoms with Gasteiger partial charge in [0.1, 0.15) is 5.82 Å². The van der Waals surface area contributed by atoms with E-state index in [0.29, 0.717) is 11.7 Å². The number of pyridine rings is 1. The van der Waals surface area contributed by atoms with Gasteiger partial charge in [0.05, 0.1) is 24.0 Å². The zero-order valence-corrected chi connectivity index (χ0v) is 10.1. The van der Waals surface area contributed by atoms with Crippen LogP contribution in [0.5, 0.6) is 0 Å². The van der Waals surface area contributed by atoms with Crippen molar-refractivity contribution in [2.75, 3.05) is 13.1 Å². The van der Waals surface area contributed by atoms with Gasteiger partial charge in [0.25, 0.3) is 0 Å². The highest BCUT2D eigenvalue weighted by atomic mass is 19.1. The average molecular weight is 257 g/mol. The fourth-order valence-corrected chi connectivity index (χ4v) is 1.82. The lowest BCUT2D eigenvalue weighted by Gasteiger charge is -2.00. The van der Waals surface area contributed by atoms with E-state index in [1.165, 1.54) is 12.1 Å². The van der Waals surface area contributed by atoms with Crippen molar-refractivity contribution in [3.05, 3.63) is 41.8 Å². The minimum atomic E-state index is -0.261. The Bertz CT molecular complexity index is 665. The second kappa shape index (κ2) is 5.01. The van der Waals surface area contributed by atoms with Gasteiger partial charge in [-0.05, 0) is 24.3 Å². The highest BCUT2D eigenvalue weighted by molar-refractivity contribution is 5.86. The number of hydrogen-bond acceptors (Lipinski definition) is 5. The Kier molecular flexibility index (Phi) is 3.06. The maximum atomic E-state index is 13.0. The van der Waals surface area contributed by atoms with E-state index in [1.54, 1.807) is 18.3 Å². The first kappa shape index (κ1) is 11.6. The molecule has 6 heteroatoms. The zero-order valence-electron chi connectivity index (χ0n) is 10.1. The summed E-state index contributed by atoms with van der Waals surface area (Å²) in [7, 11) is 0. The molecule has 1 aromatic carbocycles. The van der Waals surface area contributed by atoms with Crippen LogP contribution in [0.2, 0.25) is 0 Å². The first-order chi connectivity index (χ1) is 9.31. The summed E-state index contributed by atoms with van der Waals surface area (Å²) in [6.45, 7) is 1.59. The number of benzene rings is 1. The number of hydrogen-bond donors (Lipinski definition) is 2. The van der Waals surface area contributed by atoms with Crippen LogP contribution in [0, 0.1) is 5.82 Å². The Balaban J connectivity index is 1.77. The van der Waals surface area contributed by atoms with Gasteiger partial charge in [-0.1, -0.05) is 6.07 Å². The Morgan fingerprint density at radius 3 is 3.11 bits per heavy atom. The number of nitrogens with one attached hydrogen (secondary N) is 2. The van der Waals surface area contributed by atoms with Gasteiger partial charge in [0.15, 0.2) is 0 Å². The van der Waals surface area contributed by atoms with Crippen LogP contribution < -0.4 is 10.7 Å². The lowest BCUT2D eigenvalue weighted by atomic mass is 10.2. The maximum absolute atomic E-state index is 13.0. The zero-order chi connectivity index (χ0) is 13.1. The van der Waals surface area contributed by atoms with E-state index in [2.05, 4.69) is 25.8 Å². The molecule has 0 unspecified atom stereocenters. The van der Waals surface area contributed by atoms with E-state index >= 15 is 0 Å². The third-order valence-electron chi connectivity index (χ3n) is 2.71. The molecule has 1 aliphatic heterocycles. The minimum absolute atomic E-state index is 0.261. The number of fused-ring (bicyclic) bond motifs is 1. The van der Waals surface area contributed by atoms with Crippen molar-refractivity contribution < 1.29 is 4.39 Å². The second-order valence-corrected chi connectivity index (χ2v) is 4.10. The molecule has 2 aromatic rings. The molecule has 2 N–H and O–H groups in total. The summed E-state index contributed by atoms with van der Waals surface area (Å²) in [5, 5.41) is 7.86. The molecule has 0 saturated carbocycles. The Morgan fingerprint density at radius 2 is 2.26 bits per heavy atom. The summed E-state index contributed by atoms with van der Waals surface area (Å²) < 4.78 is 13.0. The van der Waals surface area contributed by atoms with Gasteiger partial charge < -0.3 is 5.32 Å². The van der Waals surface area contributed by atoms with Gasteiger partial charge in [0, 0.05) is 11.9 Å². The molecule has 5 nitrogen and oxygen atoms in total. The minimum Gasteiger partial charge on any atom is -0.353 e. The molecule has 1 aromatic heterocycles. The van der Waals surface area contributed by atoms with Crippen molar-refractivity contribution >= 4 is 23.1 Å². The molecule has 3 rings (SSSR count). The lowest BCUT2D eigenvalue weighted by Crippen LogP contribution is -2.30. The monoisotopic (exact) mass is 257 g/mol. The molecule has 1 aliphatic rings. The fraction of sp³-hybridized carbons (Fsp3) is 0.154. The Labute approximate surface area is 109 Å². The van der Waals surface area contributed by atoms with Crippen LogP contribution in [0.25, 0.3) is 10.9 Å². The lowest BCUT2D eigenvalue weighted by molar-refractivity contribution is 0.629. The highest BCUT2D eigenvalue weighted by Crippen LogP contribution is 2.13. The van der Waals surface area contributed by atoms with Gasteiger partial charge >= 0.3 is 0 Å². The average Bonchev–Trinajstić information content (AvgIpc) is 2.92. The summed E-state index contributed by atoms with van der Waals surface area (Å²) in [6.07, 6.45) is 1.60. The molecule has 0 radical (unpaired) electrons. The van der Waals surface area contributed by atoms with Gasteiger partial charge in [-0.15, -0.1) is 0 Å². The predicted octanol–water partition coefficient (Wildman–Crippen LogP) is 1.26. The molecule has 19 heavy (non-hydrogen) atoms. The van der Waals surface area contributed by atoms with Crippen LogP contribution in [0.3, 0.4) is 0 Å². The van der Waals surface area contributed by atoms with Crippen LogP contribution in [-0.4, -0.2) is 30.2 Å². The molecule has 0 aliphatic carbocycles. The molecule has 0 spiro atoms. The molecule has 0 fully saturated rings. The molecule has 0 bridgehead atoms. The smallest absolute Gasteiger partial charge is 0.212 e. The van der Waals surface area contributed by atoms with Crippen LogP contribution >= 0.6 is 0 Å². The van der Waals surface area contributed by atoms with Gasteiger partial charge in [-0.2, -0.15) is 5.10 Å². The molecule has 0 amide bonds. The van der Waals surface area contributed by atoms with Crippen LogP contribution in [0.4, 0.5) is 4.39 Å². The topological polar surface area (TPSA) is 61.7 Å². The van der Waals surface area contributed by atoms with Crippen molar-refractivity contribution in [2.45, 2.75) is 0 Å². The number of halogens is 1. The van der Waals surface area contributed by atoms with E-state index in [4.69, 9.17) is 0 Å². The van der Waals surface area contributed by atoms with Crippen molar-refractivity contribution in [1.82, 2.24) is 15.7 Å². The third-order valence-corrected chi connectivity index (χ3v) is 2.71. The second-order valence-electron chi connectivity index (χ2n) is 4.10. The maximum Gasteiger partial charge on any atom is 0.212 e. The summed E-state index contributed by atoms with van der Waals surface area (Å²) in [5.41, 5.74) is 4.23. The molecule has 96 valence electrons. The van der Waals surface area contributed by atoms with E-state index in [9.17, 15) is 4.39 Å². The predicted molar refractivity (Wildman–Crippen MR) is 72.7 cm³/mol. The number of aromatic nitrogens is 1. The van der Waals surface area contributed by atoms with Crippen molar-refractivity contribution in [3.8, 4) is 0 Å². The summed E-state index contributed by atoms with van der Waals surface area (Å²) >= 11 is 0. The summed E-state index contributed by atoms with van der Waals surface area (Å²) in [4.78, 5) is 8.51. The van der Waals surface area contributed by atoms with E-state index in [0.717, 1.165) is 24.0 Å².